The van der Waals surface area contributed by atoms with Gasteiger partial charge in [0.1, 0.15) is 5.57 Å². The van der Waals surface area contributed by atoms with Crippen LogP contribution in [0.5, 0.6) is 0 Å². The maximum absolute atomic E-state index is 14.3. The molecule has 0 N–H and O–H groups in total. The van der Waals surface area contributed by atoms with Gasteiger partial charge in [0.25, 0.3) is 5.90 Å². The molecule has 0 fully saturated rings. The van der Waals surface area contributed by atoms with Crippen LogP contribution in [-0.2, 0) is 20.9 Å². The Balaban J connectivity index is 1.53. The van der Waals surface area contributed by atoms with E-state index in [9.17, 15) is 9.59 Å². The quantitative estimate of drug-likeness (QED) is 0.262. The molecule has 6 rings (SSSR count). The van der Waals surface area contributed by atoms with Gasteiger partial charge in [0.05, 0.1) is 12.2 Å². The van der Waals surface area contributed by atoms with Gasteiger partial charge in [-0.1, -0.05) is 107 Å². The Hall–Kier alpha value is -4.49. The first-order valence-electron chi connectivity index (χ1n) is 12.0. The summed E-state index contributed by atoms with van der Waals surface area (Å²) >= 11 is 3.43. The van der Waals surface area contributed by atoms with Gasteiger partial charge in [-0.3, -0.25) is 14.5 Å². The number of hydrogen-bond acceptors (Lipinski definition) is 5. The number of nitrogens with zero attached hydrogens (tertiary/aromatic N) is 2. The van der Waals surface area contributed by atoms with Gasteiger partial charge in [-0.15, -0.1) is 0 Å². The summed E-state index contributed by atoms with van der Waals surface area (Å²) in [5, 5.41) is 4.16. The number of oxime groups is 1. The molecule has 0 radical (unpaired) electrons. The first kappa shape index (κ1) is 23.9. The van der Waals surface area contributed by atoms with Gasteiger partial charge in [0.15, 0.2) is 5.78 Å². The third-order valence-corrected chi connectivity index (χ3v) is 6.97. The summed E-state index contributed by atoms with van der Waals surface area (Å²) in [6.45, 7) is 0.220. The van der Waals surface area contributed by atoms with Crippen molar-refractivity contribution in [2.45, 2.75) is 12.3 Å². The van der Waals surface area contributed by atoms with Gasteiger partial charge in [-0.25, -0.2) is 0 Å². The fraction of sp³-hybridized carbons (Fsp3) is 0.0645. The van der Waals surface area contributed by atoms with Crippen molar-refractivity contribution in [2.24, 2.45) is 5.16 Å². The lowest BCUT2D eigenvalue weighted by molar-refractivity contribution is -0.173. The monoisotopic (exact) mass is 564 g/mol. The summed E-state index contributed by atoms with van der Waals surface area (Å²) < 4.78 is 7.15. The first-order valence-corrected chi connectivity index (χ1v) is 12.8. The smallest absolute Gasteiger partial charge is 0.389 e. The standard InChI is InChI=1S/C31H21BrN2O4/c32-25-18-16-24(17-19-25)29-33-38-31(37-29)26(28(35)23-14-8-3-9-15-23)27(22-12-6-2-7-13-22)34(30(31)36)20-21-10-4-1-5-11-21/h1-19H,20H2. The number of amides is 1. The summed E-state index contributed by atoms with van der Waals surface area (Å²) in [6.07, 6.45) is 0. The molecule has 0 saturated heterocycles. The van der Waals surface area contributed by atoms with E-state index < -0.39 is 11.7 Å². The van der Waals surface area contributed by atoms with Crippen LogP contribution in [0.25, 0.3) is 5.70 Å². The van der Waals surface area contributed by atoms with E-state index in [1.165, 1.54) is 0 Å². The molecule has 1 unspecified atom stereocenters. The minimum Gasteiger partial charge on any atom is -0.418 e. The first-order chi connectivity index (χ1) is 18.6. The Labute approximate surface area is 227 Å². The van der Waals surface area contributed by atoms with Crippen molar-refractivity contribution in [1.82, 2.24) is 4.90 Å². The number of rotatable bonds is 6. The highest BCUT2D eigenvalue weighted by molar-refractivity contribution is 9.10. The van der Waals surface area contributed by atoms with E-state index in [2.05, 4.69) is 21.1 Å². The van der Waals surface area contributed by atoms with Crippen molar-refractivity contribution >= 4 is 39.2 Å². The molecule has 0 bridgehead atoms. The number of carbonyl (C=O) groups excluding carboxylic acids is 2. The van der Waals surface area contributed by atoms with Gasteiger partial charge >= 0.3 is 11.7 Å². The molecule has 2 heterocycles. The topological polar surface area (TPSA) is 68.2 Å². The molecular weight excluding hydrogens is 544 g/mol. The average molecular weight is 565 g/mol. The Morgan fingerprint density at radius 1 is 0.789 bits per heavy atom. The molecule has 1 spiro atoms. The van der Waals surface area contributed by atoms with E-state index in [-0.39, 0.29) is 23.8 Å². The summed E-state index contributed by atoms with van der Waals surface area (Å²) in [4.78, 5) is 35.9. The van der Waals surface area contributed by atoms with Crippen molar-refractivity contribution in [1.29, 1.82) is 0 Å². The highest BCUT2D eigenvalue weighted by Gasteiger charge is 2.64. The van der Waals surface area contributed by atoms with Gasteiger partial charge in [-0.2, -0.15) is 0 Å². The van der Waals surface area contributed by atoms with Crippen LogP contribution in [0.4, 0.5) is 0 Å². The Morgan fingerprint density at radius 3 is 2.05 bits per heavy atom. The van der Waals surface area contributed by atoms with Crippen molar-refractivity contribution in [3.05, 3.63) is 148 Å². The molecule has 1 atom stereocenters. The predicted octanol–water partition coefficient (Wildman–Crippen LogP) is 6.19. The van der Waals surface area contributed by atoms with E-state index in [4.69, 9.17) is 9.57 Å². The molecule has 38 heavy (non-hydrogen) atoms. The maximum atomic E-state index is 14.3. The number of ketones is 1. The number of benzene rings is 4. The lowest BCUT2D eigenvalue weighted by Crippen LogP contribution is -2.46. The van der Waals surface area contributed by atoms with Gasteiger partial charge in [0, 0.05) is 15.6 Å². The molecule has 2 aliphatic heterocycles. The number of Topliss-reactive ketones (excluding diaryl/α,β-unsaturated/α-hetero) is 1. The molecule has 0 aliphatic carbocycles. The largest absolute Gasteiger partial charge is 0.418 e. The molecule has 186 valence electrons. The van der Waals surface area contributed by atoms with Gasteiger partial charge in [0.2, 0.25) is 0 Å². The Bertz CT molecular complexity index is 1570. The second kappa shape index (κ2) is 9.76. The molecule has 2 aliphatic rings. The number of carbonyl (C=O) groups is 2. The highest BCUT2D eigenvalue weighted by Crippen LogP contribution is 2.46. The number of ether oxygens (including phenoxy) is 1. The van der Waals surface area contributed by atoms with Crippen LogP contribution in [0.3, 0.4) is 0 Å². The van der Waals surface area contributed by atoms with Crippen LogP contribution in [-0.4, -0.2) is 28.3 Å². The molecule has 7 heteroatoms. The molecule has 0 saturated carbocycles. The summed E-state index contributed by atoms with van der Waals surface area (Å²) in [5.74, 6) is -2.83. The van der Waals surface area contributed by atoms with Gasteiger partial charge < -0.3 is 9.57 Å². The molecule has 6 nitrogen and oxygen atoms in total. The van der Waals surface area contributed by atoms with Crippen LogP contribution in [0.2, 0.25) is 0 Å². The van der Waals surface area contributed by atoms with Crippen molar-refractivity contribution in [3.63, 3.8) is 0 Å². The van der Waals surface area contributed by atoms with E-state index >= 15 is 0 Å². The van der Waals surface area contributed by atoms with Crippen LogP contribution < -0.4 is 0 Å². The highest BCUT2D eigenvalue weighted by atomic mass is 79.9. The lowest BCUT2D eigenvalue weighted by Gasteiger charge is -2.23. The van der Waals surface area contributed by atoms with Crippen LogP contribution in [0.1, 0.15) is 27.0 Å². The lowest BCUT2D eigenvalue weighted by atomic mass is 9.94. The second-order valence-corrected chi connectivity index (χ2v) is 9.79. The van der Waals surface area contributed by atoms with Crippen molar-refractivity contribution in [3.8, 4) is 0 Å². The van der Waals surface area contributed by atoms with E-state index in [1.54, 1.807) is 41.3 Å². The summed E-state index contributed by atoms with van der Waals surface area (Å²) in [7, 11) is 0. The minimum absolute atomic E-state index is 0.0895. The molecular formula is C31H21BrN2O4. The molecule has 4 aromatic carbocycles. The van der Waals surface area contributed by atoms with Crippen molar-refractivity contribution in [2.75, 3.05) is 0 Å². The van der Waals surface area contributed by atoms with Gasteiger partial charge in [-0.05, 0) is 40.5 Å². The number of halogens is 1. The maximum Gasteiger partial charge on any atom is 0.389 e. The van der Waals surface area contributed by atoms with E-state index in [1.807, 2.05) is 78.9 Å². The zero-order chi connectivity index (χ0) is 26.1. The SMILES string of the molecule is O=C(C1=C(c2ccccc2)N(Cc2ccccc2)C(=O)C12ON=C(c1ccc(Br)cc1)O2)c1ccccc1. The zero-order valence-corrected chi connectivity index (χ0v) is 21.7. The third-order valence-electron chi connectivity index (χ3n) is 6.45. The zero-order valence-electron chi connectivity index (χ0n) is 20.1. The third kappa shape index (κ3) is 4.11. The normalized spacial score (nSPS) is 18.4. The molecule has 4 aromatic rings. The predicted molar refractivity (Wildman–Crippen MR) is 147 cm³/mol. The number of hydrogen-bond donors (Lipinski definition) is 0. The fourth-order valence-corrected chi connectivity index (χ4v) is 4.91. The molecule has 0 aromatic heterocycles. The summed E-state index contributed by atoms with van der Waals surface area (Å²) in [6, 6.07) is 35.0. The minimum atomic E-state index is -2.06. The summed E-state index contributed by atoms with van der Waals surface area (Å²) in [5.41, 5.74) is 3.13. The van der Waals surface area contributed by atoms with Crippen LogP contribution >= 0.6 is 15.9 Å². The Kier molecular flexibility index (Phi) is 6.13. The van der Waals surface area contributed by atoms with Crippen LogP contribution in [0, 0.1) is 0 Å². The van der Waals surface area contributed by atoms with Crippen LogP contribution in [0.15, 0.2) is 130 Å². The second-order valence-electron chi connectivity index (χ2n) is 8.87. The Morgan fingerprint density at radius 2 is 1.39 bits per heavy atom. The fourth-order valence-electron chi connectivity index (χ4n) is 4.64. The van der Waals surface area contributed by atoms with E-state index in [0.717, 1.165) is 10.0 Å². The van der Waals surface area contributed by atoms with E-state index in [0.29, 0.717) is 22.4 Å². The average Bonchev–Trinajstić information content (AvgIpc) is 3.51. The van der Waals surface area contributed by atoms with Crippen molar-refractivity contribution < 1.29 is 19.2 Å². The molecule has 1 amide bonds.